The van der Waals surface area contributed by atoms with E-state index in [0.29, 0.717) is 0 Å². The minimum absolute atomic E-state index is 0.337. The van der Waals surface area contributed by atoms with Crippen molar-refractivity contribution >= 4 is 235 Å². The molecule has 10 aromatic heterocycles. The Kier molecular flexibility index (Phi) is 21.1. The molecule has 0 amide bonds. The lowest BCUT2D eigenvalue weighted by molar-refractivity contribution is 0.00578. The van der Waals surface area contributed by atoms with Crippen LogP contribution in [0.25, 0.3) is 205 Å². The molecule has 9 nitrogen and oxygen atoms in total. The van der Waals surface area contributed by atoms with Gasteiger partial charge in [-0.3, -0.25) is 0 Å². The van der Waals surface area contributed by atoms with Crippen molar-refractivity contribution < 1.29 is 9.31 Å². The zero-order valence-corrected chi connectivity index (χ0v) is 83.1. The van der Waals surface area contributed by atoms with Crippen LogP contribution in [0.1, 0.15) is 27.7 Å². The number of anilines is 3. The third-order valence-electron chi connectivity index (χ3n) is 28.1. The highest BCUT2D eigenvalue weighted by Gasteiger charge is 2.52. The molecule has 0 saturated carbocycles. The number of para-hydroxylation sites is 10. The number of fused-ring (bicyclic) bond motifs is 18. The molecule has 0 unspecified atom stereocenters. The van der Waals surface area contributed by atoms with Crippen LogP contribution in [0.3, 0.4) is 0 Å². The summed E-state index contributed by atoms with van der Waals surface area (Å²) in [4.78, 5) is 4.76. The summed E-state index contributed by atoms with van der Waals surface area (Å²) in [5.41, 5.74) is 32.7. The summed E-state index contributed by atoms with van der Waals surface area (Å²) in [6, 6.07) is 162. The van der Waals surface area contributed by atoms with Crippen molar-refractivity contribution in [3.8, 4) is 77.3 Å². The maximum Gasteiger partial charge on any atom is 0.494 e. The highest BCUT2D eigenvalue weighted by Crippen LogP contribution is 2.51. The molecule has 0 radical (unpaired) electrons. The van der Waals surface area contributed by atoms with Gasteiger partial charge in [0.2, 0.25) is 0 Å². The molecule has 1 aliphatic rings. The first-order valence-electron chi connectivity index (χ1n) is 47.1. The number of halogens is 2. The minimum atomic E-state index is -0.346. The molecule has 0 atom stereocenters. The Balaban J connectivity index is 0.000000126. The Labute approximate surface area is 841 Å². The van der Waals surface area contributed by atoms with Crippen LogP contribution in [0, 0.1) is 0 Å². The molecule has 27 aromatic rings. The maximum absolute atomic E-state index is 6.18. The molecule has 11 heterocycles. The Bertz CT molecular complexity index is 9150. The van der Waals surface area contributed by atoms with Gasteiger partial charge in [-0.25, -0.2) is 0 Å². The topological polar surface area (TPSA) is 51.3 Å². The van der Waals surface area contributed by atoms with Crippen molar-refractivity contribution in [2.24, 2.45) is 0 Å². The minimum Gasteiger partial charge on any atom is -0.399 e. The maximum atomic E-state index is 6.18. The molecule has 0 spiro atoms. The van der Waals surface area contributed by atoms with E-state index < -0.39 is 0 Å². The van der Waals surface area contributed by atoms with Crippen molar-refractivity contribution in [3.05, 3.63) is 456 Å². The molecule has 0 bridgehead atoms. The molecule has 17 aromatic carbocycles. The molecule has 1 fully saturated rings. The van der Waals surface area contributed by atoms with Gasteiger partial charge in [-0.05, 0) is 305 Å². The van der Waals surface area contributed by atoms with Gasteiger partial charge < -0.3 is 41.6 Å². The Hall–Kier alpha value is -14.9. The van der Waals surface area contributed by atoms with E-state index in [9.17, 15) is 0 Å². The zero-order chi connectivity index (χ0) is 93.6. The zero-order valence-electron chi connectivity index (χ0n) is 76.6. The quantitative estimate of drug-likeness (QED) is 0.102. The summed E-state index contributed by atoms with van der Waals surface area (Å²) in [6.45, 7) is 8.31. The van der Waals surface area contributed by atoms with Crippen molar-refractivity contribution in [1.82, 2.24) is 27.4 Å². The Morgan fingerprint density at radius 2 is 0.457 bits per heavy atom. The van der Waals surface area contributed by atoms with Gasteiger partial charge in [-0.15, -0.1) is 45.3 Å². The van der Waals surface area contributed by atoms with Crippen LogP contribution in [0.5, 0.6) is 0 Å². The summed E-state index contributed by atoms with van der Waals surface area (Å²) in [6.07, 6.45) is 0. The predicted octanol–water partition coefficient (Wildman–Crippen LogP) is 35.9. The molecule has 16 heteroatoms. The average Bonchev–Trinajstić information content (AvgIpc) is 1.55. The van der Waals surface area contributed by atoms with E-state index in [1.807, 2.05) is 34.8 Å². The molecule has 0 N–H and O–H groups in total. The van der Waals surface area contributed by atoms with Gasteiger partial charge >= 0.3 is 7.12 Å². The van der Waals surface area contributed by atoms with Gasteiger partial charge in [0.1, 0.15) is 0 Å². The number of hydrogen-bond acceptors (Lipinski definition) is 7. The monoisotopic (exact) mass is 2000 g/mol. The fourth-order valence-electron chi connectivity index (χ4n) is 20.8. The lowest BCUT2D eigenvalue weighted by Gasteiger charge is -2.32. The van der Waals surface area contributed by atoms with Crippen LogP contribution in [0.2, 0.25) is 0 Å². The van der Waals surface area contributed by atoms with Gasteiger partial charge in [0, 0.05) is 104 Å². The second-order valence-corrected chi connectivity index (χ2v) is 43.8. The van der Waals surface area contributed by atoms with E-state index in [0.717, 1.165) is 35.8 Å². The first-order chi connectivity index (χ1) is 68.7. The predicted molar refractivity (Wildman–Crippen MR) is 604 cm³/mol. The molecule has 140 heavy (non-hydrogen) atoms. The highest BCUT2D eigenvalue weighted by atomic mass is 79.9. The number of rotatable bonds is 14. The number of nitrogens with zero attached hydrogens (tertiary/aromatic N) is 7. The van der Waals surface area contributed by atoms with E-state index in [-0.39, 0.29) is 18.3 Å². The van der Waals surface area contributed by atoms with Crippen molar-refractivity contribution in [2.75, 3.05) is 4.90 Å². The van der Waals surface area contributed by atoms with Crippen molar-refractivity contribution in [3.63, 3.8) is 0 Å². The number of benzene rings is 17. The fourth-order valence-corrected chi connectivity index (χ4v) is 26.5. The van der Waals surface area contributed by atoms with Gasteiger partial charge in [0.05, 0.1) is 104 Å². The molecular formula is C124H86BBr2N7O2S4. The van der Waals surface area contributed by atoms with Crippen LogP contribution >= 0.6 is 77.2 Å². The van der Waals surface area contributed by atoms with Gasteiger partial charge in [-0.2, -0.15) is 0 Å². The number of aromatic nitrogens is 6. The van der Waals surface area contributed by atoms with E-state index in [2.05, 4.69) is 529 Å². The van der Waals surface area contributed by atoms with E-state index >= 15 is 0 Å². The van der Waals surface area contributed by atoms with Crippen molar-refractivity contribution in [2.45, 2.75) is 38.9 Å². The normalized spacial score (nSPS) is 13.1. The lowest BCUT2D eigenvalue weighted by atomic mass is 9.79. The summed E-state index contributed by atoms with van der Waals surface area (Å²) in [5, 5.41) is 10.1. The molecule has 1 aliphatic heterocycles. The van der Waals surface area contributed by atoms with Crippen LogP contribution in [0.4, 0.5) is 17.1 Å². The second kappa shape index (κ2) is 34.6. The van der Waals surface area contributed by atoms with Gasteiger partial charge in [0.15, 0.2) is 0 Å². The third-order valence-corrected chi connectivity index (χ3v) is 34.0. The summed E-state index contributed by atoms with van der Waals surface area (Å²) < 4.78 is 34.4. The molecule has 1 saturated heterocycles. The third kappa shape index (κ3) is 14.6. The Morgan fingerprint density at radius 1 is 0.214 bits per heavy atom. The second-order valence-electron chi connectivity index (χ2n) is 36.8. The smallest absolute Gasteiger partial charge is 0.399 e. The van der Waals surface area contributed by atoms with Crippen LogP contribution in [-0.4, -0.2) is 45.7 Å². The van der Waals surface area contributed by atoms with Crippen molar-refractivity contribution in [1.29, 1.82) is 0 Å². The summed E-state index contributed by atoms with van der Waals surface area (Å²) in [7, 11) is -0.346. The van der Waals surface area contributed by atoms with Crippen LogP contribution in [-0.2, 0) is 9.31 Å². The van der Waals surface area contributed by atoms with E-state index in [4.69, 9.17) is 9.31 Å². The van der Waals surface area contributed by atoms with Gasteiger partial charge in [0.25, 0.3) is 0 Å². The number of hydrogen-bond donors (Lipinski definition) is 0. The number of thiophene rings is 4. The highest BCUT2D eigenvalue weighted by molar-refractivity contribution is 9.11. The SMILES string of the molecule is Brc1cc2c(s1)c1sc(Br)cc1n2-c1ccc(-c2ccc3c(c2)c2ccccc2n3-c2ccccc2)cc1.CC1(C)OB(c2ccc(N(c3ccccc3)c3ccccc3)cc2)OC1(C)C.c1ccc(-n2c3ccccc3c3cc(-c4ccc(-n5c6cc(-c7ccc8c(c7)c7ccccc7n8-c7ccccc7)sc6c6sc(-c7ccc8c(c7)c7ccccc7n8-c7ccccc7)cc65)cc4)ccc32)cc1. The van der Waals surface area contributed by atoms with E-state index in [1.165, 1.54) is 200 Å². The standard InChI is InChI=1S/C68H42N4S2.C32H18Br2N2S2.C24H26BNO2/c1-4-16-47(17-5-1)69-57-25-13-10-22-51(57)54-38-44(30-35-60(54)69)43-28-33-50(34-29-43)72-63-41-65(45-31-36-61-55(39-45)52-23-11-14-26-58(52)70(61)48-18-6-2-7-19-48)73-67(63)68-64(72)42-66(74-68)46-32-37-62-56(40-46)53-24-12-15-27-59(53)71(62)49-20-8-3-9-21-49;33-29-17-27-31(37-29)32-28(18-30(34)38-32)36(27)22-13-10-19(11-14-22)20-12-15-26-24(16-20)23-8-4-5-9-25(23)35(26)21-6-2-1-3-7-21;1-23(2)24(3,4)28-25(27-23)19-15-17-22(18-16-19)26(20-11-7-5-8-12-20)21-13-9-6-10-14-21/h1-42H;1-18H;5-18H,1-4H3. The largest absolute Gasteiger partial charge is 0.494 e. The fraction of sp³-hybridized carbons (Fsp3) is 0.0484. The van der Waals surface area contributed by atoms with Gasteiger partial charge in [-0.1, -0.05) is 243 Å². The summed E-state index contributed by atoms with van der Waals surface area (Å²) in [5.74, 6) is 0. The van der Waals surface area contributed by atoms with Crippen LogP contribution in [0.15, 0.2) is 456 Å². The molecule has 0 aliphatic carbocycles. The first kappa shape index (κ1) is 85.5. The lowest BCUT2D eigenvalue weighted by Crippen LogP contribution is -2.41. The Morgan fingerprint density at radius 3 is 0.786 bits per heavy atom. The molecule has 28 rings (SSSR count). The molecule has 670 valence electrons. The average molecular weight is 2000 g/mol. The van der Waals surface area contributed by atoms with Crippen LogP contribution < -0.4 is 10.4 Å². The first-order valence-corrected chi connectivity index (χ1v) is 52.0. The van der Waals surface area contributed by atoms with E-state index in [1.54, 1.807) is 22.7 Å². The molecular weight excluding hydrogens is 1920 g/mol. The summed E-state index contributed by atoms with van der Waals surface area (Å²) >= 11 is 14.8.